The number of aryl methyl sites for hydroxylation is 1. The van der Waals surface area contributed by atoms with Gasteiger partial charge in [0, 0.05) is 18.0 Å². The van der Waals surface area contributed by atoms with Gasteiger partial charge in [-0.25, -0.2) is 0 Å². The number of furan rings is 1. The average Bonchev–Trinajstić information content (AvgIpc) is 2.75. The Kier molecular flexibility index (Phi) is 2.64. The average molecular weight is 215 g/mol. The molecule has 0 spiro atoms. The molecule has 2 aromatic heterocycles. The van der Waals surface area contributed by atoms with Crippen molar-refractivity contribution < 1.29 is 14.0 Å². The normalized spacial score (nSPS) is 10.1. The Hall–Kier alpha value is -2.23. The molecule has 0 N–H and O–H groups in total. The number of hydrogen-bond acceptors (Lipinski definition) is 4. The van der Waals surface area contributed by atoms with Gasteiger partial charge in [0.15, 0.2) is 5.76 Å². The molecule has 0 bridgehead atoms. The lowest BCUT2D eigenvalue weighted by molar-refractivity contribution is 0.0800. The van der Waals surface area contributed by atoms with Crippen LogP contribution in [0.4, 0.5) is 0 Å². The van der Waals surface area contributed by atoms with E-state index in [2.05, 4.69) is 4.98 Å². The van der Waals surface area contributed by atoms with Gasteiger partial charge in [0.2, 0.25) is 5.78 Å². The molecular weight excluding hydrogens is 206 g/mol. The number of pyridine rings is 1. The molecule has 0 aliphatic carbocycles. The minimum absolute atomic E-state index is 0.0688. The fourth-order valence-corrected chi connectivity index (χ4v) is 1.30. The highest BCUT2D eigenvalue weighted by Gasteiger charge is 2.20. The van der Waals surface area contributed by atoms with Crippen LogP contribution in [0.15, 0.2) is 41.1 Å². The first-order valence-electron chi connectivity index (χ1n) is 4.74. The van der Waals surface area contributed by atoms with Crippen molar-refractivity contribution in [1.82, 2.24) is 4.98 Å². The van der Waals surface area contributed by atoms with Crippen LogP contribution in [0.5, 0.6) is 0 Å². The molecule has 4 heteroatoms. The van der Waals surface area contributed by atoms with E-state index in [9.17, 15) is 9.59 Å². The van der Waals surface area contributed by atoms with Crippen molar-refractivity contribution >= 4 is 11.6 Å². The van der Waals surface area contributed by atoms with Gasteiger partial charge in [-0.1, -0.05) is 0 Å². The third-order valence-corrected chi connectivity index (χ3v) is 2.11. The SMILES string of the molecule is Cc1ccc(C(=O)C(=O)c2ccncc2)o1. The zero-order valence-electron chi connectivity index (χ0n) is 8.64. The Morgan fingerprint density at radius 2 is 1.75 bits per heavy atom. The molecule has 0 saturated carbocycles. The topological polar surface area (TPSA) is 60.2 Å². The van der Waals surface area contributed by atoms with E-state index in [1.165, 1.54) is 30.6 Å². The molecule has 4 nitrogen and oxygen atoms in total. The lowest BCUT2D eigenvalue weighted by Crippen LogP contribution is -2.13. The lowest BCUT2D eigenvalue weighted by Gasteiger charge is -1.96. The Balaban J connectivity index is 2.27. The van der Waals surface area contributed by atoms with Gasteiger partial charge in [-0.2, -0.15) is 0 Å². The fourth-order valence-electron chi connectivity index (χ4n) is 1.30. The van der Waals surface area contributed by atoms with Gasteiger partial charge in [-0.15, -0.1) is 0 Å². The number of carbonyl (C=O) groups is 2. The Labute approximate surface area is 91.9 Å². The molecule has 0 saturated heterocycles. The summed E-state index contributed by atoms with van der Waals surface area (Å²) in [4.78, 5) is 27.2. The molecule has 2 aromatic rings. The van der Waals surface area contributed by atoms with E-state index < -0.39 is 11.6 Å². The zero-order valence-corrected chi connectivity index (χ0v) is 8.64. The van der Waals surface area contributed by atoms with E-state index in [-0.39, 0.29) is 5.76 Å². The van der Waals surface area contributed by atoms with Crippen LogP contribution in [0.1, 0.15) is 26.7 Å². The zero-order chi connectivity index (χ0) is 11.5. The Morgan fingerprint density at radius 1 is 1.06 bits per heavy atom. The summed E-state index contributed by atoms with van der Waals surface area (Å²) in [6.07, 6.45) is 2.93. The van der Waals surface area contributed by atoms with Crippen molar-refractivity contribution in [2.24, 2.45) is 0 Å². The minimum atomic E-state index is -0.640. The van der Waals surface area contributed by atoms with Crippen molar-refractivity contribution in [3.8, 4) is 0 Å². The monoisotopic (exact) mass is 215 g/mol. The van der Waals surface area contributed by atoms with Gasteiger partial charge in [-0.05, 0) is 31.2 Å². The number of ketones is 2. The first-order valence-corrected chi connectivity index (χ1v) is 4.74. The first-order chi connectivity index (χ1) is 7.68. The molecule has 0 radical (unpaired) electrons. The van der Waals surface area contributed by atoms with E-state index in [1.807, 2.05) is 0 Å². The molecule has 16 heavy (non-hydrogen) atoms. The number of aromatic nitrogens is 1. The summed E-state index contributed by atoms with van der Waals surface area (Å²) in [7, 11) is 0. The largest absolute Gasteiger partial charge is 0.458 e. The third-order valence-electron chi connectivity index (χ3n) is 2.11. The van der Waals surface area contributed by atoms with Crippen LogP contribution in [0.3, 0.4) is 0 Å². The van der Waals surface area contributed by atoms with E-state index in [0.717, 1.165) is 0 Å². The molecule has 0 aromatic carbocycles. The van der Waals surface area contributed by atoms with Crippen LogP contribution in [-0.2, 0) is 0 Å². The highest BCUT2D eigenvalue weighted by atomic mass is 16.3. The standard InChI is InChI=1S/C12H9NO3/c1-8-2-3-10(16-8)12(15)11(14)9-4-6-13-7-5-9/h2-7H,1H3. The van der Waals surface area contributed by atoms with E-state index in [1.54, 1.807) is 13.0 Å². The summed E-state index contributed by atoms with van der Waals surface area (Å²) in [5.41, 5.74) is 0.314. The van der Waals surface area contributed by atoms with Gasteiger partial charge in [-0.3, -0.25) is 14.6 Å². The van der Waals surface area contributed by atoms with Crippen LogP contribution >= 0.6 is 0 Å². The number of hydrogen-bond donors (Lipinski definition) is 0. The predicted molar refractivity (Wildman–Crippen MR) is 56.3 cm³/mol. The molecule has 0 atom stereocenters. The van der Waals surface area contributed by atoms with Crippen molar-refractivity contribution in [2.45, 2.75) is 6.92 Å². The van der Waals surface area contributed by atoms with Gasteiger partial charge < -0.3 is 4.42 Å². The summed E-state index contributed by atoms with van der Waals surface area (Å²) in [6.45, 7) is 1.72. The van der Waals surface area contributed by atoms with E-state index >= 15 is 0 Å². The maximum Gasteiger partial charge on any atom is 0.268 e. The van der Waals surface area contributed by atoms with Crippen LogP contribution in [0, 0.1) is 6.92 Å². The molecule has 2 rings (SSSR count). The van der Waals surface area contributed by atoms with Gasteiger partial charge in [0.05, 0.1) is 0 Å². The van der Waals surface area contributed by atoms with Crippen molar-refractivity contribution in [3.05, 3.63) is 53.7 Å². The summed E-state index contributed by atoms with van der Waals surface area (Å²) in [5, 5.41) is 0. The Bertz CT molecular complexity index is 528. The number of Topliss-reactive ketones (excluding diaryl/α,β-unsaturated/α-hetero) is 2. The molecule has 0 aliphatic heterocycles. The van der Waals surface area contributed by atoms with E-state index in [4.69, 9.17) is 4.42 Å². The third kappa shape index (κ3) is 1.91. The molecular formula is C12H9NO3. The van der Waals surface area contributed by atoms with Crippen LogP contribution in [0.2, 0.25) is 0 Å². The summed E-state index contributed by atoms with van der Waals surface area (Å²) in [5.74, 6) is -0.554. The number of carbonyl (C=O) groups excluding carboxylic acids is 2. The second-order valence-electron chi connectivity index (χ2n) is 3.30. The summed E-state index contributed by atoms with van der Waals surface area (Å²) >= 11 is 0. The van der Waals surface area contributed by atoms with Crippen LogP contribution in [-0.4, -0.2) is 16.6 Å². The first kappa shape index (κ1) is 10.3. The highest BCUT2D eigenvalue weighted by molar-refractivity contribution is 6.48. The van der Waals surface area contributed by atoms with Crippen molar-refractivity contribution in [2.75, 3.05) is 0 Å². The molecule has 0 amide bonds. The fraction of sp³-hybridized carbons (Fsp3) is 0.0833. The lowest BCUT2D eigenvalue weighted by atomic mass is 10.1. The molecule has 0 fully saturated rings. The Morgan fingerprint density at radius 3 is 2.31 bits per heavy atom. The minimum Gasteiger partial charge on any atom is -0.458 e. The predicted octanol–water partition coefficient (Wildman–Crippen LogP) is 2.05. The molecule has 80 valence electrons. The van der Waals surface area contributed by atoms with Crippen LogP contribution in [0.25, 0.3) is 0 Å². The molecule has 0 unspecified atom stereocenters. The highest BCUT2D eigenvalue weighted by Crippen LogP contribution is 2.10. The van der Waals surface area contributed by atoms with Crippen molar-refractivity contribution in [3.63, 3.8) is 0 Å². The molecule has 2 heterocycles. The second-order valence-corrected chi connectivity index (χ2v) is 3.30. The number of nitrogens with zero attached hydrogens (tertiary/aromatic N) is 1. The van der Waals surface area contributed by atoms with E-state index in [0.29, 0.717) is 11.3 Å². The number of rotatable bonds is 3. The maximum absolute atomic E-state index is 11.7. The van der Waals surface area contributed by atoms with Crippen LogP contribution < -0.4 is 0 Å². The van der Waals surface area contributed by atoms with Gasteiger partial charge in [0.1, 0.15) is 5.76 Å². The second kappa shape index (κ2) is 4.10. The quantitative estimate of drug-likeness (QED) is 0.580. The van der Waals surface area contributed by atoms with Gasteiger partial charge in [0.25, 0.3) is 5.78 Å². The summed E-state index contributed by atoms with van der Waals surface area (Å²) in [6, 6.07) is 6.13. The maximum atomic E-state index is 11.7. The van der Waals surface area contributed by atoms with Crippen molar-refractivity contribution in [1.29, 1.82) is 0 Å². The summed E-state index contributed by atoms with van der Waals surface area (Å²) < 4.78 is 5.10. The smallest absolute Gasteiger partial charge is 0.268 e. The molecule has 0 aliphatic rings. The van der Waals surface area contributed by atoms with Gasteiger partial charge >= 0.3 is 0 Å².